The van der Waals surface area contributed by atoms with Crippen molar-refractivity contribution in [3.05, 3.63) is 72.3 Å². The second-order valence-corrected chi connectivity index (χ2v) is 10.7. The summed E-state index contributed by atoms with van der Waals surface area (Å²) in [4.78, 5) is 17.4. The first-order valence-corrected chi connectivity index (χ1v) is 13.7. The fourth-order valence-electron chi connectivity index (χ4n) is 4.50. The summed E-state index contributed by atoms with van der Waals surface area (Å²) in [6.45, 7) is 3.56. The number of hydrogen-bond donors (Lipinski definition) is 0. The van der Waals surface area contributed by atoms with Crippen LogP contribution in [0.4, 0.5) is 11.4 Å². The average Bonchev–Trinajstić information content (AvgIpc) is 2.95. The minimum atomic E-state index is -4.16. The lowest BCUT2D eigenvalue weighted by molar-refractivity contribution is -0.129. The van der Waals surface area contributed by atoms with E-state index in [1.165, 1.54) is 14.2 Å². The molecule has 0 bridgehead atoms. The molecule has 1 fully saturated rings. The highest BCUT2D eigenvalue weighted by atomic mass is 32.2. The molecular formula is C28H33N3O6S. The SMILES string of the molecule is COc1cccc(N(CC(=O)N2CCN(c3ccccc3OC)CC2)S(=O)(=O)c2cc(C)ccc2OC)c1. The highest BCUT2D eigenvalue weighted by Gasteiger charge is 2.33. The second-order valence-electron chi connectivity index (χ2n) is 8.91. The van der Waals surface area contributed by atoms with Crippen LogP contribution in [0.3, 0.4) is 0 Å². The number of ether oxygens (including phenoxy) is 3. The van der Waals surface area contributed by atoms with Crippen LogP contribution in [0.25, 0.3) is 0 Å². The average molecular weight is 540 g/mol. The van der Waals surface area contributed by atoms with Crippen LogP contribution >= 0.6 is 0 Å². The molecule has 4 rings (SSSR count). The Balaban J connectivity index is 1.60. The molecule has 1 amide bonds. The van der Waals surface area contributed by atoms with Crippen LogP contribution < -0.4 is 23.4 Å². The van der Waals surface area contributed by atoms with E-state index in [1.54, 1.807) is 61.4 Å². The second kappa shape index (κ2) is 11.6. The van der Waals surface area contributed by atoms with Gasteiger partial charge in [0.2, 0.25) is 5.91 Å². The molecule has 1 aliphatic rings. The summed E-state index contributed by atoms with van der Waals surface area (Å²) in [6.07, 6.45) is 0. The van der Waals surface area contributed by atoms with Crippen LogP contribution in [0.1, 0.15) is 5.56 Å². The van der Waals surface area contributed by atoms with Crippen molar-refractivity contribution < 1.29 is 27.4 Å². The molecule has 0 aromatic heterocycles. The lowest BCUT2D eigenvalue weighted by atomic mass is 10.2. The smallest absolute Gasteiger partial charge is 0.268 e. The number of anilines is 2. The number of carbonyl (C=O) groups is 1. The lowest BCUT2D eigenvalue weighted by Gasteiger charge is -2.37. The minimum Gasteiger partial charge on any atom is -0.497 e. The van der Waals surface area contributed by atoms with Crippen molar-refractivity contribution in [3.8, 4) is 17.2 Å². The summed E-state index contributed by atoms with van der Waals surface area (Å²) in [5.41, 5.74) is 2.05. The van der Waals surface area contributed by atoms with Crippen molar-refractivity contribution in [1.82, 2.24) is 4.90 Å². The fourth-order valence-corrected chi connectivity index (χ4v) is 6.14. The van der Waals surface area contributed by atoms with Crippen LogP contribution in [-0.4, -0.2) is 73.3 Å². The number of amides is 1. The quantitative estimate of drug-likeness (QED) is 0.411. The van der Waals surface area contributed by atoms with Gasteiger partial charge in [-0.2, -0.15) is 0 Å². The molecule has 1 saturated heterocycles. The first-order chi connectivity index (χ1) is 18.3. The van der Waals surface area contributed by atoms with Crippen molar-refractivity contribution in [1.29, 1.82) is 0 Å². The van der Waals surface area contributed by atoms with Gasteiger partial charge in [0, 0.05) is 32.2 Å². The minimum absolute atomic E-state index is 0.00314. The van der Waals surface area contributed by atoms with Gasteiger partial charge in [-0.1, -0.05) is 24.3 Å². The topological polar surface area (TPSA) is 88.6 Å². The lowest BCUT2D eigenvalue weighted by Crippen LogP contribution is -2.52. The molecular weight excluding hydrogens is 506 g/mol. The molecule has 0 saturated carbocycles. The van der Waals surface area contributed by atoms with Gasteiger partial charge in [0.05, 0.1) is 32.7 Å². The first kappa shape index (κ1) is 27.1. The van der Waals surface area contributed by atoms with E-state index in [-0.39, 0.29) is 23.1 Å². The summed E-state index contributed by atoms with van der Waals surface area (Å²) >= 11 is 0. The molecule has 3 aromatic rings. The number of rotatable bonds is 9. The standard InChI is InChI=1S/C28H33N3O6S/c1-21-12-13-26(37-4)27(18-21)38(33,34)31(22-8-7-9-23(19-22)35-2)20-28(32)30-16-14-29(15-17-30)24-10-5-6-11-25(24)36-3/h5-13,18-19H,14-17,20H2,1-4H3. The Bertz CT molecular complexity index is 1390. The van der Waals surface area contributed by atoms with Gasteiger partial charge in [0.1, 0.15) is 28.7 Å². The number of para-hydroxylation sites is 2. The van der Waals surface area contributed by atoms with Crippen LogP contribution in [0.15, 0.2) is 71.6 Å². The molecule has 0 unspecified atom stereocenters. The van der Waals surface area contributed by atoms with Crippen molar-refractivity contribution in [2.75, 3.05) is 63.3 Å². The van der Waals surface area contributed by atoms with E-state index in [1.807, 2.05) is 24.3 Å². The van der Waals surface area contributed by atoms with Gasteiger partial charge >= 0.3 is 0 Å². The predicted octanol–water partition coefficient (Wildman–Crippen LogP) is 3.56. The van der Waals surface area contributed by atoms with Crippen molar-refractivity contribution in [3.63, 3.8) is 0 Å². The van der Waals surface area contributed by atoms with E-state index >= 15 is 0 Å². The molecule has 202 valence electrons. The van der Waals surface area contributed by atoms with Gasteiger partial charge in [-0.05, 0) is 48.9 Å². The third kappa shape index (κ3) is 5.65. The highest BCUT2D eigenvalue weighted by molar-refractivity contribution is 7.93. The Morgan fingerprint density at radius 2 is 1.55 bits per heavy atom. The molecule has 1 heterocycles. The van der Waals surface area contributed by atoms with E-state index in [2.05, 4.69) is 4.90 Å². The molecule has 0 N–H and O–H groups in total. The number of hydrogen-bond acceptors (Lipinski definition) is 7. The number of methoxy groups -OCH3 is 3. The number of benzene rings is 3. The van der Waals surface area contributed by atoms with E-state index in [4.69, 9.17) is 14.2 Å². The van der Waals surface area contributed by atoms with Crippen molar-refractivity contribution >= 4 is 27.3 Å². The molecule has 1 aliphatic heterocycles. The highest BCUT2D eigenvalue weighted by Crippen LogP contribution is 2.33. The number of nitrogens with zero attached hydrogens (tertiary/aromatic N) is 3. The largest absolute Gasteiger partial charge is 0.497 e. The Hall–Kier alpha value is -3.92. The zero-order valence-corrected chi connectivity index (χ0v) is 22.9. The van der Waals surface area contributed by atoms with Gasteiger partial charge in [-0.15, -0.1) is 0 Å². The fraction of sp³-hybridized carbons (Fsp3) is 0.321. The van der Waals surface area contributed by atoms with Gasteiger partial charge < -0.3 is 24.0 Å². The summed E-state index contributed by atoms with van der Waals surface area (Å²) in [5.74, 6) is 1.18. The Morgan fingerprint density at radius 1 is 0.842 bits per heavy atom. The van der Waals surface area contributed by atoms with E-state index < -0.39 is 10.0 Å². The van der Waals surface area contributed by atoms with E-state index in [0.717, 1.165) is 21.3 Å². The van der Waals surface area contributed by atoms with E-state index in [0.29, 0.717) is 37.6 Å². The summed E-state index contributed by atoms with van der Waals surface area (Å²) in [6, 6.07) is 19.4. The van der Waals surface area contributed by atoms with Crippen LogP contribution in [-0.2, 0) is 14.8 Å². The van der Waals surface area contributed by atoms with Gasteiger partial charge in [-0.25, -0.2) is 8.42 Å². The Labute approximate surface area is 224 Å². The predicted molar refractivity (Wildman–Crippen MR) is 147 cm³/mol. The molecule has 0 aliphatic carbocycles. The normalized spacial score (nSPS) is 13.7. The Morgan fingerprint density at radius 3 is 2.24 bits per heavy atom. The molecule has 9 nitrogen and oxygen atoms in total. The van der Waals surface area contributed by atoms with Crippen molar-refractivity contribution in [2.45, 2.75) is 11.8 Å². The van der Waals surface area contributed by atoms with Crippen LogP contribution in [0.2, 0.25) is 0 Å². The Kier molecular flexibility index (Phi) is 8.31. The molecule has 3 aromatic carbocycles. The van der Waals surface area contributed by atoms with Gasteiger partial charge in [-0.3, -0.25) is 9.10 Å². The number of piperazine rings is 1. The van der Waals surface area contributed by atoms with E-state index in [9.17, 15) is 13.2 Å². The zero-order valence-electron chi connectivity index (χ0n) is 22.1. The number of carbonyl (C=O) groups excluding carboxylic acids is 1. The third-order valence-corrected chi connectivity index (χ3v) is 8.36. The summed E-state index contributed by atoms with van der Waals surface area (Å²) in [5, 5.41) is 0. The summed E-state index contributed by atoms with van der Waals surface area (Å²) < 4.78 is 45.3. The first-order valence-electron chi connectivity index (χ1n) is 12.3. The van der Waals surface area contributed by atoms with Gasteiger partial charge in [0.25, 0.3) is 10.0 Å². The summed E-state index contributed by atoms with van der Waals surface area (Å²) in [7, 11) is 0.402. The maximum atomic E-state index is 14.0. The van der Waals surface area contributed by atoms with Crippen molar-refractivity contribution in [2.24, 2.45) is 0 Å². The monoisotopic (exact) mass is 539 g/mol. The molecule has 10 heteroatoms. The molecule has 0 radical (unpaired) electrons. The maximum Gasteiger partial charge on any atom is 0.268 e. The van der Waals surface area contributed by atoms with Crippen LogP contribution in [0.5, 0.6) is 17.2 Å². The molecule has 0 spiro atoms. The number of aryl methyl sites for hydroxylation is 1. The zero-order chi connectivity index (χ0) is 27.3. The number of sulfonamides is 1. The van der Waals surface area contributed by atoms with Crippen LogP contribution in [0, 0.1) is 6.92 Å². The molecule has 38 heavy (non-hydrogen) atoms. The maximum absolute atomic E-state index is 14.0. The third-order valence-electron chi connectivity index (χ3n) is 6.57. The van der Waals surface area contributed by atoms with Gasteiger partial charge in [0.15, 0.2) is 0 Å². The molecule has 0 atom stereocenters.